The number of sulfonamides is 1. The minimum atomic E-state index is -3.57. The molecular weight excluding hydrogens is 614 g/mol. The Balaban J connectivity index is 1.88. The number of unbranched alkanes of at least 4 members (excludes halogenated alkanes) is 1. The average molecular weight is 657 g/mol. The molecule has 0 aliphatic rings. The third-order valence-corrected chi connectivity index (χ3v) is 9.07. The molecule has 0 radical (unpaired) electrons. The molecule has 3 rings (SSSR count). The van der Waals surface area contributed by atoms with Crippen molar-refractivity contribution >= 4 is 43.5 Å². The van der Waals surface area contributed by atoms with E-state index in [9.17, 15) is 18.0 Å². The molecular formula is C33H42BrN3O4S. The Morgan fingerprint density at radius 3 is 2.24 bits per heavy atom. The number of halogens is 1. The van der Waals surface area contributed by atoms with Crippen LogP contribution >= 0.6 is 15.9 Å². The Bertz CT molecular complexity index is 1430. The summed E-state index contributed by atoms with van der Waals surface area (Å²) in [6, 6.07) is 22.3. The Labute approximate surface area is 259 Å². The van der Waals surface area contributed by atoms with E-state index in [-0.39, 0.29) is 31.3 Å². The van der Waals surface area contributed by atoms with Gasteiger partial charge in [-0.15, -0.1) is 0 Å². The molecule has 3 aromatic carbocycles. The first-order valence-electron chi connectivity index (χ1n) is 14.4. The Kier molecular flexibility index (Phi) is 12.6. The average Bonchev–Trinajstić information content (AvgIpc) is 2.95. The molecule has 9 heteroatoms. The van der Waals surface area contributed by atoms with E-state index in [0.29, 0.717) is 25.1 Å². The molecule has 0 aromatic heterocycles. The topological polar surface area (TPSA) is 86.8 Å². The fourth-order valence-electron chi connectivity index (χ4n) is 4.83. The number of aryl methyl sites for hydroxylation is 1. The predicted octanol–water partition coefficient (Wildman–Crippen LogP) is 6.17. The molecule has 1 atom stereocenters. The highest BCUT2D eigenvalue weighted by molar-refractivity contribution is 9.10. The number of nitrogens with one attached hydrogen (secondary N) is 1. The number of amides is 2. The number of rotatable bonds is 15. The SMILES string of the molecule is CCCCNC(=O)[C@H](Cc1ccccc1)N(Cc1ccc(Br)cc1)C(=O)CCCN(c1cccc(C)c1C)S(C)(=O)=O. The number of hydrogen-bond donors (Lipinski definition) is 1. The van der Waals surface area contributed by atoms with Gasteiger partial charge in [0.1, 0.15) is 6.04 Å². The number of carbonyl (C=O) groups excluding carboxylic acids is 2. The van der Waals surface area contributed by atoms with Crippen LogP contribution in [0.25, 0.3) is 0 Å². The van der Waals surface area contributed by atoms with Crippen molar-refractivity contribution < 1.29 is 18.0 Å². The highest BCUT2D eigenvalue weighted by atomic mass is 79.9. The standard InChI is InChI=1S/C33H42BrN3O4S/c1-5-6-21-35-33(39)31(23-27-13-8-7-9-14-27)36(24-28-17-19-29(34)20-18-28)32(38)16-11-22-37(42(4,40)41)30-15-10-12-25(2)26(30)3/h7-10,12-15,17-20,31H,5-6,11,16,21-24H2,1-4H3,(H,35,39)/t31-/m0/s1. The quantitative estimate of drug-likeness (QED) is 0.199. The van der Waals surface area contributed by atoms with Crippen LogP contribution in [0.1, 0.15) is 54.9 Å². The van der Waals surface area contributed by atoms with Crippen LogP contribution in [0.2, 0.25) is 0 Å². The van der Waals surface area contributed by atoms with E-state index in [4.69, 9.17) is 0 Å². The summed E-state index contributed by atoms with van der Waals surface area (Å²) in [5.74, 6) is -0.384. The lowest BCUT2D eigenvalue weighted by Gasteiger charge is -2.32. The van der Waals surface area contributed by atoms with Gasteiger partial charge in [-0.05, 0) is 67.1 Å². The van der Waals surface area contributed by atoms with Crippen molar-refractivity contribution in [2.24, 2.45) is 0 Å². The van der Waals surface area contributed by atoms with Gasteiger partial charge in [0.05, 0.1) is 11.9 Å². The van der Waals surface area contributed by atoms with E-state index in [1.807, 2.05) is 80.6 Å². The van der Waals surface area contributed by atoms with Crippen LogP contribution in [0.15, 0.2) is 77.3 Å². The zero-order valence-electron chi connectivity index (χ0n) is 25.0. The molecule has 2 amide bonds. The molecule has 0 unspecified atom stereocenters. The summed E-state index contributed by atoms with van der Waals surface area (Å²) in [5, 5.41) is 3.03. The first kappa shape index (κ1) is 33.3. The second-order valence-electron chi connectivity index (χ2n) is 10.7. The smallest absolute Gasteiger partial charge is 0.243 e. The molecule has 0 saturated heterocycles. The van der Waals surface area contributed by atoms with Crippen molar-refractivity contribution in [1.82, 2.24) is 10.2 Å². The minimum absolute atomic E-state index is 0.0982. The summed E-state index contributed by atoms with van der Waals surface area (Å²) in [5.41, 5.74) is 4.36. The van der Waals surface area contributed by atoms with Crippen LogP contribution in [0.3, 0.4) is 0 Å². The molecule has 7 nitrogen and oxygen atoms in total. The van der Waals surface area contributed by atoms with Crippen LogP contribution in [0, 0.1) is 13.8 Å². The van der Waals surface area contributed by atoms with Crippen molar-refractivity contribution in [3.05, 3.63) is 99.5 Å². The van der Waals surface area contributed by atoms with Gasteiger partial charge in [-0.1, -0.05) is 83.9 Å². The van der Waals surface area contributed by atoms with Crippen molar-refractivity contribution in [3.8, 4) is 0 Å². The second-order valence-corrected chi connectivity index (χ2v) is 13.5. The maximum absolute atomic E-state index is 13.9. The summed E-state index contributed by atoms with van der Waals surface area (Å²) in [6.45, 7) is 6.88. The van der Waals surface area contributed by atoms with Gasteiger partial charge in [0, 0.05) is 36.9 Å². The second kappa shape index (κ2) is 15.9. The van der Waals surface area contributed by atoms with E-state index in [1.54, 1.807) is 11.0 Å². The third kappa shape index (κ3) is 9.70. The third-order valence-electron chi connectivity index (χ3n) is 7.36. The Hall–Kier alpha value is -3.17. The molecule has 0 aliphatic carbocycles. The van der Waals surface area contributed by atoms with E-state index >= 15 is 0 Å². The van der Waals surface area contributed by atoms with Gasteiger partial charge in [0.25, 0.3) is 0 Å². The Morgan fingerprint density at radius 2 is 1.60 bits per heavy atom. The van der Waals surface area contributed by atoms with Crippen LogP contribution in [0.5, 0.6) is 0 Å². The largest absolute Gasteiger partial charge is 0.354 e. The van der Waals surface area contributed by atoms with Crippen molar-refractivity contribution in [1.29, 1.82) is 0 Å². The lowest BCUT2D eigenvalue weighted by Crippen LogP contribution is -2.50. The highest BCUT2D eigenvalue weighted by Crippen LogP contribution is 2.26. The fourth-order valence-corrected chi connectivity index (χ4v) is 6.12. The van der Waals surface area contributed by atoms with E-state index in [1.165, 1.54) is 10.6 Å². The normalized spacial score (nSPS) is 12.0. The van der Waals surface area contributed by atoms with Gasteiger partial charge < -0.3 is 10.2 Å². The Morgan fingerprint density at radius 1 is 0.905 bits per heavy atom. The molecule has 226 valence electrons. The van der Waals surface area contributed by atoms with E-state index < -0.39 is 16.1 Å². The monoisotopic (exact) mass is 655 g/mol. The maximum atomic E-state index is 13.9. The van der Waals surface area contributed by atoms with Gasteiger partial charge in [-0.3, -0.25) is 13.9 Å². The van der Waals surface area contributed by atoms with E-state index in [2.05, 4.69) is 28.2 Å². The molecule has 0 spiro atoms. The zero-order chi connectivity index (χ0) is 30.7. The number of benzene rings is 3. The van der Waals surface area contributed by atoms with Crippen molar-refractivity contribution in [3.63, 3.8) is 0 Å². The molecule has 0 heterocycles. The van der Waals surface area contributed by atoms with E-state index in [0.717, 1.165) is 39.6 Å². The van der Waals surface area contributed by atoms with Crippen LogP contribution in [0.4, 0.5) is 5.69 Å². The molecule has 0 saturated carbocycles. The summed E-state index contributed by atoms with van der Waals surface area (Å²) in [6.07, 6.45) is 3.77. The van der Waals surface area contributed by atoms with Gasteiger partial charge in [-0.2, -0.15) is 0 Å². The molecule has 1 N–H and O–H groups in total. The summed E-state index contributed by atoms with van der Waals surface area (Å²) >= 11 is 3.47. The number of nitrogens with zero attached hydrogens (tertiary/aromatic N) is 2. The summed E-state index contributed by atoms with van der Waals surface area (Å²) in [7, 11) is -3.57. The van der Waals surface area contributed by atoms with Crippen molar-refractivity contribution in [2.45, 2.75) is 65.5 Å². The molecule has 3 aromatic rings. The molecule has 0 aliphatic heterocycles. The van der Waals surface area contributed by atoms with Crippen LogP contribution in [-0.2, 0) is 32.6 Å². The summed E-state index contributed by atoms with van der Waals surface area (Å²) < 4.78 is 27.8. The molecule has 0 fully saturated rings. The highest BCUT2D eigenvalue weighted by Gasteiger charge is 2.30. The number of hydrogen-bond acceptors (Lipinski definition) is 4. The lowest BCUT2D eigenvalue weighted by atomic mass is 10.0. The molecule has 42 heavy (non-hydrogen) atoms. The minimum Gasteiger partial charge on any atom is -0.354 e. The number of anilines is 1. The maximum Gasteiger partial charge on any atom is 0.243 e. The fraction of sp³-hybridized carbons (Fsp3) is 0.394. The van der Waals surface area contributed by atoms with Crippen LogP contribution in [-0.4, -0.2) is 50.5 Å². The van der Waals surface area contributed by atoms with Gasteiger partial charge in [-0.25, -0.2) is 8.42 Å². The molecule has 0 bridgehead atoms. The lowest BCUT2D eigenvalue weighted by molar-refractivity contribution is -0.141. The zero-order valence-corrected chi connectivity index (χ0v) is 27.4. The van der Waals surface area contributed by atoms with Gasteiger partial charge >= 0.3 is 0 Å². The van der Waals surface area contributed by atoms with Gasteiger partial charge in [0.15, 0.2) is 0 Å². The number of carbonyl (C=O) groups is 2. The first-order valence-corrected chi connectivity index (χ1v) is 17.0. The predicted molar refractivity (Wildman–Crippen MR) is 174 cm³/mol. The van der Waals surface area contributed by atoms with Crippen LogP contribution < -0.4 is 9.62 Å². The summed E-state index contributed by atoms with van der Waals surface area (Å²) in [4.78, 5) is 29.2. The van der Waals surface area contributed by atoms with Crippen molar-refractivity contribution in [2.75, 3.05) is 23.7 Å². The van der Waals surface area contributed by atoms with Gasteiger partial charge in [0.2, 0.25) is 21.8 Å². The first-order chi connectivity index (χ1) is 20.0.